The molecule has 5 aromatic rings. The average Bonchev–Trinajstić information content (AvgIpc) is 3.20. The molecule has 0 fully saturated rings. The highest BCUT2D eigenvalue weighted by Gasteiger charge is 2.60. The van der Waals surface area contributed by atoms with Gasteiger partial charge >= 0.3 is 0 Å². The minimum atomic E-state index is -1.50. The van der Waals surface area contributed by atoms with E-state index < -0.39 is 5.66 Å². The summed E-state index contributed by atoms with van der Waals surface area (Å²) in [7, 11) is 1.57. The largest absolute Gasteiger partial charge is 0.495 e. The van der Waals surface area contributed by atoms with Gasteiger partial charge in [-0.25, -0.2) is 0 Å². The van der Waals surface area contributed by atoms with E-state index in [1.54, 1.807) is 29.0 Å². The Balaban J connectivity index is 1.46. The molecule has 1 N–H and O–H groups in total. The molecule has 0 radical (unpaired) electrons. The highest BCUT2D eigenvalue weighted by Crippen LogP contribution is 2.51. The Morgan fingerprint density at radius 1 is 0.744 bits per heavy atom. The quantitative estimate of drug-likeness (QED) is 0.307. The van der Waals surface area contributed by atoms with Crippen molar-refractivity contribution < 1.29 is 14.3 Å². The Hall–Kier alpha value is -5.10. The van der Waals surface area contributed by atoms with Crippen molar-refractivity contribution in [1.29, 1.82) is 0 Å². The molecule has 0 aromatic heterocycles. The van der Waals surface area contributed by atoms with E-state index >= 15 is 0 Å². The maximum atomic E-state index is 14.8. The molecule has 0 saturated carbocycles. The van der Waals surface area contributed by atoms with Crippen molar-refractivity contribution in [1.82, 2.24) is 0 Å². The van der Waals surface area contributed by atoms with Gasteiger partial charge in [0, 0.05) is 11.3 Å². The Morgan fingerprint density at radius 2 is 1.44 bits per heavy atom. The second-order valence-corrected chi connectivity index (χ2v) is 9.74. The molecule has 0 unspecified atom stereocenters. The lowest BCUT2D eigenvalue weighted by molar-refractivity contribution is -0.122. The maximum absolute atomic E-state index is 14.8. The van der Waals surface area contributed by atoms with Crippen LogP contribution in [0.3, 0.4) is 0 Å². The Morgan fingerprint density at radius 3 is 2.31 bits per heavy atom. The fourth-order valence-electron chi connectivity index (χ4n) is 5.94. The second kappa shape index (κ2) is 8.74. The van der Waals surface area contributed by atoms with Crippen molar-refractivity contribution in [2.45, 2.75) is 12.2 Å². The molecule has 6 heteroatoms. The molecule has 6 nitrogen and oxygen atoms in total. The molecule has 0 bridgehead atoms. The summed E-state index contributed by atoms with van der Waals surface area (Å²) in [6, 6.07) is 36.6. The summed E-state index contributed by atoms with van der Waals surface area (Å²) in [6.45, 7) is 0.357. The molecule has 0 saturated heterocycles. The van der Waals surface area contributed by atoms with Crippen molar-refractivity contribution in [2.75, 3.05) is 22.2 Å². The fourth-order valence-corrected chi connectivity index (χ4v) is 5.94. The number of carbonyl (C=O) groups is 2. The molecule has 5 aromatic carbocycles. The molecular weight excluding hydrogens is 486 g/mol. The van der Waals surface area contributed by atoms with Crippen LogP contribution in [0.5, 0.6) is 5.75 Å². The topological polar surface area (TPSA) is 61.9 Å². The van der Waals surface area contributed by atoms with Crippen molar-refractivity contribution >= 4 is 39.6 Å². The number of fused-ring (bicyclic) bond motifs is 4. The SMILES string of the molecule is COc1ccccc1N1C(=O)c2ccccc2N[C@@]12C(=O)N(Cc1cccc3ccccc13)c1ccccc12. The predicted octanol–water partition coefficient (Wildman–Crippen LogP) is 6.32. The zero-order chi connectivity index (χ0) is 26.6. The summed E-state index contributed by atoms with van der Waals surface area (Å²) in [5.74, 6) is -0.00130. The Bertz CT molecular complexity index is 1780. The van der Waals surface area contributed by atoms with E-state index in [-0.39, 0.29) is 11.8 Å². The van der Waals surface area contributed by atoms with Gasteiger partial charge in [-0.2, -0.15) is 0 Å². The van der Waals surface area contributed by atoms with Gasteiger partial charge in [0.05, 0.1) is 30.6 Å². The lowest BCUT2D eigenvalue weighted by atomic mass is 9.92. The number of methoxy groups -OCH3 is 1. The summed E-state index contributed by atoms with van der Waals surface area (Å²) in [5.41, 5.74) is 2.62. The van der Waals surface area contributed by atoms with Gasteiger partial charge in [-0.15, -0.1) is 0 Å². The third-order valence-corrected chi connectivity index (χ3v) is 7.69. The van der Waals surface area contributed by atoms with Crippen LogP contribution in [0.1, 0.15) is 21.5 Å². The van der Waals surface area contributed by atoms with E-state index in [0.29, 0.717) is 34.8 Å². The van der Waals surface area contributed by atoms with Crippen LogP contribution >= 0.6 is 0 Å². The molecule has 7 rings (SSSR count). The summed E-state index contributed by atoms with van der Waals surface area (Å²) in [5, 5.41) is 5.72. The zero-order valence-electron chi connectivity index (χ0n) is 21.3. The maximum Gasteiger partial charge on any atom is 0.279 e. The zero-order valence-corrected chi connectivity index (χ0v) is 21.3. The third-order valence-electron chi connectivity index (χ3n) is 7.69. The molecule has 190 valence electrons. The van der Waals surface area contributed by atoms with Gasteiger partial charge in [-0.1, -0.05) is 84.9 Å². The number of nitrogens with one attached hydrogen (secondary N) is 1. The van der Waals surface area contributed by atoms with Gasteiger partial charge < -0.3 is 15.0 Å². The van der Waals surface area contributed by atoms with Gasteiger partial charge in [0.15, 0.2) is 0 Å². The monoisotopic (exact) mass is 511 g/mol. The van der Waals surface area contributed by atoms with Crippen LogP contribution in [0.4, 0.5) is 17.1 Å². The summed E-state index contributed by atoms with van der Waals surface area (Å²) < 4.78 is 5.68. The normalized spacial score (nSPS) is 17.8. The van der Waals surface area contributed by atoms with E-state index in [9.17, 15) is 9.59 Å². The van der Waals surface area contributed by atoms with Gasteiger partial charge in [0.2, 0.25) is 5.66 Å². The smallest absolute Gasteiger partial charge is 0.279 e. The number of ether oxygens (including phenoxy) is 1. The van der Waals surface area contributed by atoms with Gasteiger partial charge in [0.1, 0.15) is 5.75 Å². The Labute approximate surface area is 226 Å². The van der Waals surface area contributed by atoms with Crippen molar-refractivity contribution in [3.8, 4) is 5.75 Å². The summed E-state index contributed by atoms with van der Waals surface area (Å²) >= 11 is 0. The average molecular weight is 512 g/mol. The summed E-state index contributed by atoms with van der Waals surface area (Å²) in [4.78, 5) is 32.5. The molecule has 2 heterocycles. The number of para-hydroxylation sites is 4. The van der Waals surface area contributed by atoms with Crippen molar-refractivity contribution in [3.05, 3.63) is 132 Å². The van der Waals surface area contributed by atoms with E-state index in [2.05, 4.69) is 29.6 Å². The molecule has 39 heavy (non-hydrogen) atoms. The van der Waals surface area contributed by atoms with Crippen LogP contribution in [0.25, 0.3) is 10.8 Å². The van der Waals surface area contributed by atoms with Crippen LogP contribution in [0, 0.1) is 0 Å². The van der Waals surface area contributed by atoms with Crippen LogP contribution in [0.2, 0.25) is 0 Å². The number of nitrogens with zero attached hydrogens (tertiary/aromatic N) is 2. The molecule has 2 aliphatic heterocycles. The minimum Gasteiger partial charge on any atom is -0.495 e. The number of amides is 2. The van der Waals surface area contributed by atoms with Crippen LogP contribution in [-0.4, -0.2) is 18.9 Å². The number of rotatable bonds is 4. The lowest BCUT2D eigenvalue weighted by Crippen LogP contribution is -2.63. The number of carbonyl (C=O) groups excluding carboxylic acids is 2. The highest BCUT2D eigenvalue weighted by molar-refractivity contribution is 6.23. The number of hydrogen-bond donors (Lipinski definition) is 1. The van der Waals surface area contributed by atoms with Crippen LogP contribution in [0.15, 0.2) is 115 Å². The predicted molar refractivity (Wildman–Crippen MR) is 153 cm³/mol. The molecule has 1 spiro atoms. The van der Waals surface area contributed by atoms with Crippen LogP contribution < -0.4 is 19.9 Å². The fraction of sp³-hybridized carbons (Fsp3) is 0.0909. The number of benzene rings is 5. The number of hydrogen-bond acceptors (Lipinski definition) is 4. The molecule has 2 aliphatic rings. The van der Waals surface area contributed by atoms with E-state index in [1.807, 2.05) is 78.9 Å². The van der Waals surface area contributed by atoms with Crippen molar-refractivity contribution in [3.63, 3.8) is 0 Å². The lowest BCUT2D eigenvalue weighted by Gasteiger charge is -2.45. The first-order valence-electron chi connectivity index (χ1n) is 12.9. The first-order valence-corrected chi connectivity index (χ1v) is 12.9. The molecule has 1 atom stereocenters. The van der Waals surface area contributed by atoms with Crippen LogP contribution in [-0.2, 0) is 17.0 Å². The van der Waals surface area contributed by atoms with Gasteiger partial charge in [0.25, 0.3) is 11.8 Å². The first kappa shape index (κ1) is 23.0. The second-order valence-electron chi connectivity index (χ2n) is 9.74. The third kappa shape index (κ3) is 3.28. The molecule has 2 amide bonds. The van der Waals surface area contributed by atoms with E-state index in [1.165, 1.54) is 0 Å². The van der Waals surface area contributed by atoms with Gasteiger partial charge in [-0.05, 0) is 46.7 Å². The standard InChI is InChI=1S/C33H25N3O3/c1-39-30-20-9-8-19-29(30)36-31(37)25-15-4-6-17-27(25)34-33(36)26-16-5-7-18-28(26)35(32(33)38)21-23-13-10-12-22-11-2-3-14-24(22)23/h2-20,34H,21H2,1H3/t33-/m1/s1. The first-order chi connectivity index (χ1) is 19.1. The van der Waals surface area contributed by atoms with E-state index in [0.717, 1.165) is 22.0 Å². The van der Waals surface area contributed by atoms with Crippen molar-refractivity contribution in [2.24, 2.45) is 0 Å². The van der Waals surface area contributed by atoms with Gasteiger partial charge in [-0.3, -0.25) is 14.5 Å². The summed E-state index contributed by atoms with van der Waals surface area (Å²) in [6.07, 6.45) is 0. The molecular formula is C33H25N3O3. The minimum absolute atomic E-state index is 0.231. The Kier molecular flexibility index (Phi) is 5.16. The van der Waals surface area contributed by atoms with E-state index in [4.69, 9.17) is 4.74 Å². The highest BCUT2D eigenvalue weighted by atomic mass is 16.5. The number of anilines is 3. The molecule has 0 aliphatic carbocycles.